The van der Waals surface area contributed by atoms with E-state index >= 15 is 0 Å². The van der Waals surface area contributed by atoms with Crippen molar-refractivity contribution in [1.82, 2.24) is 0 Å². The molecule has 0 aromatic heterocycles. The molecule has 0 saturated carbocycles. The van der Waals surface area contributed by atoms with Gasteiger partial charge in [0.15, 0.2) is 6.10 Å². The molecule has 2 aromatic carbocycles. The van der Waals surface area contributed by atoms with Gasteiger partial charge in [-0.3, -0.25) is 4.79 Å². The van der Waals surface area contributed by atoms with Crippen LogP contribution in [-0.2, 0) is 4.79 Å². The number of hydrogen-bond donors (Lipinski definition) is 1. The summed E-state index contributed by atoms with van der Waals surface area (Å²) in [6.07, 6.45) is -0.565. The van der Waals surface area contributed by atoms with Crippen LogP contribution in [0.1, 0.15) is 30.5 Å². The molecule has 128 valence electrons. The number of carbonyl (C=O) groups is 1. The number of amides is 1. The highest BCUT2D eigenvalue weighted by Crippen LogP contribution is 2.28. The third kappa shape index (κ3) is 4.54. The van der Waals surface area contributed by atoms with Gasteiger partial charge in [0.05, 0.1) is 5.69 Å². The number of rotatable bonds is 6. The minimum atomic E-state index is -0.565. The summed E-state index contributed by atoms with van der Waals surface area (Å²) in [7, 11) is 0. The predicted molar refractivity (Wildman–Crippen MR) is 102 cm³/mol. The van der Waals surface area contributed by atoms with Gasteiger partial charge in [-0.15, -0.1) is 11.8 Å². The fourth-order valence-electron chi connectivity index (χ4n) is 2.45. The van der Waals surface area contributed by atoms with Crippen LogP contribution < -0.4 is 10.1 Å². The number of para-hydroxylation sites is 1. The van der Waals surface area contributed by atoms with E-state index in [0.29, 0.717) is 0 Å². The Morgan fingerprint density at radius 3 is 2.62 bits per heavy atom. The van der Waals surface area contributed by atoms with Crippen LogP contribution in [0.25, 0.3) is 0 Å². The van der Waals surface area contributed by atoms with Crippen LogP contribution in [0.4, 0.5) is 5.69 Å². The summed E-state index contributed by atoms with van der Waals surface area (Å²) in [5.74, 6) is 1.59. The molecule has 1 atom stereocenters. The molecule has 2 rings (SSSR count). The van der Waals surface area contributed by atoms with E-state index in [0.717, 1.165) is 33.2 Å². The van der Waals surface area contributed by atoms with E-state index in [1.807, 2.05) is 44.2 Å². The van der Waals surface area contributed by atoms with E-state index in [2.05, 4.69) is 25.2 Å². The van der Waals surface area contributed by atoms with Gasteiger partial charge in [0.25, 0.3) is 5.91 Å². The van der Waals surface area contributed by atoms with Crippen molar-refractivity contribution in [2.75, 3.05) is 11.1 Å². The van der Waals surface area contributed by atoms with Crippen LogP contribution in [0.5, 0.6) is 5.75 Å². The monoisotopic (exact) mass is 343 g/mol. The quantitative estimate of drug-likeness (QED) is 0.739. The maximum absolute atomic E-state index is 12.5. The minimum Gasteiger partial charge on any atom is -0.481 e. The van der Waals surface area contributed by atoms with Crippen molar-refractivity contribution in [1.29, 1.82) is 0 Å². The number of carbonyl (C=O) groups excluding carboxylic acids is 1. The second kappa shape index (κ2) is 8.25. The van der Waals surface area contributed by atoms with Crippen LogP contribution in [0.15, 0.2) is 41.3 Å². The lowest BCUT2D eigenvalue weighted by Gasteiger charge is -2.18. The van der Waals surface area contributed by atoms with Gasteiger partial charge in [-0.05, 0) is 68.3 Å². The zero-order valence-electron chi connectivity index (χ0n) is 15.0. The molecule has 0 bridgehead atoms. The Bertz CT molecular complexity index is 728. The molecule has 0 saturated heterocycles. The maximum Gasteiger partial charge on any atom is 0.265 e. The molecule has 0 aliphatic rings. The fourth-order valence-corrected chi connectivity index (χ4v) is 3.21. The molecule has 0 unspecified atom stereocenters. The first-order valence-corrected chi connectivity index (χ1v) is 9.18. The Morgan fingerprint density at radius 2 is 1.92 bits per heavy atom. The summed E-state index contributed by atoms with van der Waals surface area (Å²) in [4.78, 5) is 13.6. The van der Waals surface area contributed by atoms with Crippen molar-refractivity contribution >= 4 is 23.4 Å². The molecular weight excluding hydrogens is 318 g/mol. The van der Waals surface area contributed by atoms with Gasteiger partial charge >= 0.3 is 0 Å². The second-order valence-electron chi connectivity index (χ2n) is 5.88. The molecular formula is C20H25NO2S. The summed E-state index contributed by atoms with van der Waals surface area (Å²) in [5, 5.41) is 2.98. The average molecular weight is 343 g/mol. The van der Waals surface area contributed by atoms with Crippen molar-refractivity contribution in [2.24, 2.45) is 0 Å². The molecule has 2 aromatic rings. The second-order valence-corrected chi connectivity index (χ2v) is 7.19. The van der Waals surface area contributed by atoms with Gasteiger partial charge in [-0.1, -0.05) is 25.1 Å². The first kappa shape index (κ1) is 18.4. The van der Waals surface area contributed by atoms with E-state index < -0.39 is 6.10 Å². The van der Waals surface area contributed by atoms with Crippen molar-refractivity contribution in [3.8, 4) is 5.75 Å². The van der Waals surface area contributed by atoms with E-state index in [-0.39, 0.29) is 5.91 Å². The third-order valence-corrected chi connectivity index (χ3v) is 4.84. The fraction of sp³-hybridized carbons (Fsp3) is 0.350. The number of aryl methyl sites for hydroxylation is 2. The average Bonchev–Trinajstić information content (AvgIpc) is 2.54. The normalized spacial score (nSPS) is 11.9. The molecule has 24 heavy (non-hydrogen) atoms. The van der Waals surface area contributed by atoms with Gasteiger partial charge in [0.1, 0.15) is 5.75 Å². The van der Waals surface area contributed by atoms with Crippen LogP contribution in [-0.4, -0.2) is 17.8 Å². The standard InChI is InChI=1S/C20H25NO2S/c1-6-24-19-10-8-7-9-17(19)21-20(22)16(5)23-18-12-13(2)11-14(3)15(18)4/h7-12,16H,6H2,1-5H3,(H,21,22)/t16-/m1/s1. The van der Waals surface area contributed by atoms with Crippen LogP contribution in [0, 0.1) is 20.8 Å². The molecule has 1 N–H and O–H groups in total. The zero-order valence-corrected chi connectivity index (χ0v) is 15.8. The number of nitrogens with one attached hydrogen (secondary N) is 1. The lowest BCUT2D eigenvalue weighted by Crippen LogP contribution is -2.30. The van der Waals surface area contributed by atoms with Crippen molar-refractivity contribution in [2.45, 2.75) is 45.6 Å². The largest absolute Gasteiger partial charge is 0.481 e. The predicted octanol–water partition coefficient (Wildman–Crippen LogP) is 5.13. The molecule has 0 heterocycles. The van der Waals surface area contributed by atoms with Crippen molar-refractivity contribution < 1.29 is 9.53 Å². The molecule has 0 fully saturated rings. The minimum absolute atomic E-state index is 0.141. The highest BCUT2D eigenvalue weighted by Gasteiger charge is 2.17. The molecule has 1 amide bonds. The van der Waals surface area contributed by atoms with Crippen molar-refractivity contribution in [3.63, 3.8) is 0 Å². The first-order chi connectivity index (χ1) is 11.4. The Morgan fingerprint density at radius 1 is 1.21 bits per heavy atom. The van der Waals surface area contributed by atoms with Gasteiger partial charge in [0, 0.05) is 4.90 Å². The first-order valence-electron chi connectivity index (χ1n) is 8.19. The molecule has 3 nitrogen and oxygen atoms in total. The van der Waals surface area contributed by atoms with Crippen LogP contribution in [0.3, 0.4) is 0 Å². The van der Waals surface area contributed by atoms with E-state index in [1.54, 1.807) is 18.7 Å². The van der Waals surface area contributed by atoms with E-state index in [9.17, 15) is 4.79 Å². The number of benzene rings is 2. The number of ether oxygens (including phenoxy) is 1. The van der Waals surface area contributed by atoms with E-state index in [4.69, 9.17) is 4.74 Å². The Labute approximate surface area is 148 Å². The van der Waals surface area contributed by atoms with Crippen LogP contribution in [0.2, 0.25) is 0 Å². The summed E-state index contributed by atoms with van der Waals surface area (Å²) in [6.45, 7) is 9.97. The summed E-state index contributed by atoms with van der Waals surface area (Å²) < 4.78 is 5.92. The number of hydrogen-bond acceptors (Lipinski definition) is 3. The van der Waals surface area contributed by atoms with Gasteiger partial charge in [-0.25, -0.2) is 0 Å². The zero-order chi connectivity index (χ0) is 17.7. The summed E-state index contributed by atoms with van der Waals surface area (Å²) >= 11 is 1.71. The van der Waals surface area contributed by atoms with E-state index in [1.165, 1.54) is 5.56 Å². The summed E-state index contributed by atoms with van der Waals surface area (Å²) in [6, 6.07) is 11.9. The number of thioether (sulfide) groups is 1. The number of anilines is 1. The van der Waals surface area contributed by atoms with Crippen LogP contribution >= 0.6 is 11.8 Å². The molecule has 0 aliphatic carbocycles. The Hall–Kier alpha value is -1.94. The highest BCUT2D eigenvalue weighted by atomic mass is 32.2. The van der Waals surface area contributed by atoms with Gasteiger partial charge in [0.2, 0.25) is 0 Å². The molecule has 0 radical (unpaired) electrons. The highest BCUT2D eigenvalue weighted by molar-refractivity contribution is 7.99. The smallest absolute Gasteiger partial charge is 0.265 e. The topological polar surface area (TPSA) is 38.3 Å². The molecule has 0 spiro atoms. The molecule has 4 heteroatoms. The van der Waals surface area contributed by atoms with Gasteiger partial charge in [-0.2, -0.15) is 0 Å². The Balaban J connectivity index is 2.11. The SMILES string of the molecule is CCSc1ccccc1NC(=O)[C@@H](C)Oc1cc(C)cc(C)c1C. The van der Waals surface area contributed by atoms with Gasteiger partial charge < -0.3 is 10.1 Å². The lowest BCUT2D eigenvalue weighted by atomic mass is 10.1. The third-order valence-electron chi connectivity index (χ3n) is 3.88. The lowest BCUT2D eigenvalue weighted by molar-refractivity contribution is -0.122. The summed E-state index contributed by atoms with van der Waals surface area (Å²) in [5.41, 5.74) is 4.21. The Kier molecular flexibility index (Phi) is 6.32. The van der Waals surface area contributed by atoms with Crippen molar-refractivity contribution in [3.05, 3.63) is 53.1 Å². The molecule has 0 aliphatic heterocycles. The maximum atomic E-state index is 12.5.